The Morgan fingerprint density at radius 3 is 2.76 bits per heavy atom. The highest BCUT2D eigenvalue weighted by Gasteiger charge is 2.09. The fraction of sp³-hybridized carbons (Fsp3) is 0.429. The Balaban J connectivity index is 2.51. The van der Waals surface area contributed by atoms with E-state index in [0.717, 1.165) is 18.7 Å². The average Bonchev–Trinajstić information content (AvgIpc) is 2.27. The van der Waals surface area contributed by atoms with Gasteiger partial charge in [-0.3, -0.25) is 0 Å². The predicted molar refractivity (Wildman–Crippen MR) is 81.8 cm³/mol. The minimum atomic E-state index is 0.509. The Morgan fingerprint density at radius 2 is 2.18 bits per heavy atom. The van der Waals surface area contributed by atoms with E-state index in [1.54, 1.807) is 0 Å². The van der Waals surface area contributed by atoms with Gasteiger partial charge in [0.25, 0.3) is 0 Å². The highest BCUT2D eigenvalue weighted by atomic mass is 79.9. The summed E-state index contributed by atoms with van der Waals surface area (Å²) < 4.78 is 1.18. The van der Waals surface area contributed by atoms with E-state index in [2.05, 4.69) is 59.9 Å². The van der Waals surface area contributed by atoms with Crippen molar-refractivity contribution in [1.29, 1.82) is 0 Å². The molecular weight excluding hydrogens is 294 g/mol. The van der Waals surface area contributed by atoms with Gasteiger partial charge in [0.15, 0.2) is 0 Å². The van der Waals surface area contributed by atoms with Gasteiger partial charge in [-0.05, 0) is 48.0 Å². The molecule has 0 fully saturated rings. The topological polar surface area (TPSA) is 12.0 Å². The summed E-state index contributed by atoms with van der Waals surface area (Å²) in [5, 5.41) is 3.51. The SMILES string of the molecule is C=C(C)CC(CSc1ccccc1Br)NCC. The molecule has 0 aliphatic heterocycles. The third kappa shape index (κ3) is 5.75. The van der Waals surface area contributed by atoms with Crippen LogP contribution in [0.25, 0.3) is 0 Å². The molecule has 0 radical (unpaired) electrons. The fourth-order valence-electron chi connectivity index (χ4n) is 1.65. The Bertz CT molecular complexity index is 365. The van der Waals surface area contributed by atoms with Crippen LogP contribution in [0.15, 0.2) is 45.8 Å². The standard InChI is InChI=1S/C14H20BrNS/c1-4-16-12(9-11(2)3)10-17-14-8-6-5-7-13(14)15/h5-8,12,16H,2,4,9-10H2,1,3H3. The van der Waals surface area contributed by atoms with Gasteiger partial charge in [-0.25, -0.2) is 0 Å². The average molecular weight is 314 g/mol. The number of halogens is 1. The van der Waals surface area contributed by atoms with Gasteiger partial charge in [0.2, 0.25) is 0 Å². The second-order valence-corrected chi connectivity index (χ2v) is 6.07. The summed E-state index contributed by atoms with van der Waals surface area (Å²) in [7, 11) is 0. The van der Waals surface area contributed by atoms with Crippen molar-refractivity contribution in [3.05, 3.63) is 40.9 Å². The minimum Gasteiger partial charge on any atom is -0.313 e. The van der Waals surface area contributed by atoms with Crippen LogP contribution in [0.5, 0.6) is 0 Å². The monoisotopic (exact) mass is 313 g/mol. The third-order valence-electron chi connectivity index (χ3n) is 2.36. The van der Waals surface area contributed by atoms with Crippen molar-refractivity contribution < 1.29 is 0 Å². The Morgan fingerprint density at radius 1 is 1.47 bits per heavy atom. The van der Waals surface area contributed by atoms with Gasteiger partial charge in [-0.15, -0.1) is 18.3 Å². The van der Waals surface area contributed by atoms with Crippen molar-refractivity contribution in [1.82, 2.24) is 5.32 Å². The van der Waals surface area contributed by atoms with Gasteiger partial charge in [-0.2, -0.15) is 0 Å². The number of benzene rings is 1. The van der Waals surface area contributed by atoms with Crippen LogP contribution in [0.4, 0.5) is 0 Å². The number of hydrogen-bond acceptors (Lipinski definition) is 2. The Labute approximate surface area is 117 Å². The van der Waals surface area contributed by atoms with Crippen molar-refractivity contribution in [2.45, 2.75) is 31.2 Å². The van der Waals surface area contributed by atoms with Crippen molar-refractivity contribution in [2.24, 2.45) is 0 Å². The van der Waals surface area contributed by atoms with Crippen LogP contribution in [-0.4, -0.2) is 18.3 Å². The van der Waals surface area contributed by atoms with Crippen LogP contribution in [0.2, 0.25) is 0 Å². The maximum atomic E-state index is 3.99. The predicted octanol–water partition coefficient (Wildman–Crippen LogP) is 4.49. The summed E-state index contributed by atoms with van der Waals surface area (Å²) >= 11 is 5.46. The molecule has 1 aromatic carbocycles. The second kappa shape index (κ2) is 7.96. The van der Waals surface area contributed by atoms with E-state index >= 15 is 0 Å². The summed E-state index contributed by atoms with van der Waals surface area (Å²) in [6.45, 7) is 9.24. The highest BCUT2D eigenvalue weighted by Crippen LogP contribution is 2.28. The van der Waals surface area contributed by atoms with E-state index in [0.29, 0.717) is 6.04 Å². The molecule has 0 saturated carbocycles. The molecule has 1 rings (SSSR count). The van der Waals surface area contributed by atoms with Crippen LogP contribution in [0, 0.1) is 0 Å². The lowest BCUT2D eigenvalue weighted by Gasteiger charge is -2.17. The van der Waals surface area contributed by atoms with E-state index in [1.807, 2.05) is 17.8 Å². The zero-order chi connectivity index (χ0) is 12.7. The summed E-state index contributed by atoms with van der Waals surface area (Å²) in [5.74, 6) is 1.07. The molecule has 1 atom stereocenters. The summed E-state index contributed by atoms with van der Waals surface area (Å²) in [4.78, 5) is 1.30. The molecule has 3 heteroatoms. The maximum absolute atomic E-state index is 3.99. The van der Waals surface area contributed by atoms with Crippen LogP contribution in [0.1, 0.15) is 20.3 Å². The molecular formula is C14H20BrNS. The maximum Gasteiger partial charge on any atom is 0.0311 e. The number of thioether (sulfide) groups is 1. The van der Waals surface area contributed by atoms with Crippen molar-refractivity contribution >= 4 is 27.7 Å². The molecule has 1 nitrogen and oxygen atoms in total. The van der Waals surface area contributed by atoms with Gasteiger partial charge >= 0.3 is 0 Å². The number of hydrogen-bond donors (Lipinski definition) is 1. The molecule has 0 aromatic heterocycles. The summed E-state index contributed by atoms with van der Waals surface area (Å²) in [6, 6.07) is 8.87. The van der Waals surface area contributed by atoms with Crippen molar-refractivity contribution in [2.75, 3.05) is 12.3 Å². The van der Waals surface area contributed by atoms with Gasteiger partial charge in [0.05, 0.1) is 0 Å². The number of nitrogens with one attached hydrogen (secondary N) is 1. The largest absolute Gasteiger partial charge is 0.313 e. The molecule has 0 saturated heterocycles. The molecule has 1 unspecified atom stereocenters. The van der Waals surface area contributed by atoms with Gasteiger partial charge in [0.1, 0.15) is 0 Å². The lowest BCUT2D eigenvalue weighted by atomic mass is 10.1. The van der Waals surface area contributed by atoms with Crippen molar-refractivity contribution in [3.8, 4) is 0 Å². The molecule has 1 aromatic rings. The first kappa shape index (κ1) is 14.8. The molecule has 0 heterocycles. The van der Waals surface area contributed by atoms with Gasteiger partial charge in [-0.1, -0.05) is 24.6 Å². The van der Waals surface area contributed by atoms with Crippen LogP contribution >= 0.6 is 27.7 Å². The zero-order valence-corrected chi connectivity index (χ0v) is 12.9. The highest BCUT2D eigenvalue weighted by molar-refractivity contribution is 9.10. The quantitative estimate of drug-likeness (QED) is 0.588. The Kier molecular flexibility index (Phi) is 6.93. The zero-order valence-electron chi connectivity index (χ0n) is 10.5. The molecule has 94 valence electrons. The molecule has 0 aliphatic carbocycles. The lowest BCUT2D eigenvalue weighted by molar-refractivity contribution is 0.571. The first-order valence-corrected chi connectivity index (χ1v) is 7.66. The van der Waals surface area contributed by atoms with E-state index in [4.69, 9.17) is 0 Å². The van der Waals surface area contributed by atoms with E-state index < -0.39 is 0 Å². The van der Waals surface area contributed by atoms with Gasteiger partial charge in [0, 0.05) is 21.2 Å². The van der Waals surface area contributed by atoms with Crippen LogP contribution in [-0.2, 0) is 0 Å². The lowest BCUT2D eigenvalue weighted by Crippen LogP contribution is -2.31. The minimum absolute atomic E-state index is 0.509. The fourth-order valence-corrected chi connectivity index (χ4v) is 3.28. The smallest absolute Gasteiger partial charge is 0.0311 e. The molecule has 17 heavy (non-hydrogen) atoms. The molecule has 0 aliphatic rings. The summed E-state index contributed by atoms with van der Waals surface area (Å²) in [5.41, 5.74) is 1.24. The van der Waals surface area contributed by atoms with E-state index in [-0.39, 0.29) is 0 Å². The second-order valence-electron chi connectivity index (χ2n) is 4.16. The first-order chi connectivity index (χ1) is 8.13. The van der Waals surface area contributed by atoms with E-state index in [1.165, 1.54) is 14.9 Å². The molecule has 0 bridgehead atoms. The van der Waals surface area contributed by atoms with Crippen LogP contribution in [0.3, 0.4) is 0 Å². The summed E-state index contributed by atoms with van der Waals surface area (Å²) in [6.07, 6.45) is 1.05. The van der Waals surface area contributed by atoms with Crippen LogP contribution < -0.4 is 5.32 Å². The van der Waals surface area contributed by atoms with Crippen molar-refractivity contribution in [3.63, 3.8) is 0 Å². The van der Waals surface area contributed by atoms with E-state index in [9.17, 15) is 0 Å². The first-order valence-electron chi connectivity index (χ1n) is 5.88. The number of rotatable bonds is 7. The molecule has 1 N–H and O–H groups in total. The molecule has 0 amide bonds. The van der Waals surface area contributed by atoms with Gasteiger partial charge < -0.3 is 5.32 Å². The normalized spacial score (nSPS) is 12.4. The third-order valence-corrected chi connectivity index (χ3v) is 4.55. The Hall–Kier alpha value is -0.250. The molecule has 0 spiro atoms.